The lowest BCUT2D eigenvalue weighted by atomic mass is 10.1. The second kappa shape index (κ2) is 5.52. The first-order valence-corrected chi connectivity index (χ1v) is 8.36. The molecule has 20 heavy (non-hydrogen) atoms. The number of piperidine rings is 1. The smallest absolute Gasteiger partial charge is 0.241 e. The number of nitrogens with one attached hydrogen (secondary N) is 2. The van der Waals surface area contributed by atoms with Gasteiger partial charge in [-0.05, 0) is 30.8 Å². The zero-order chi connectivity index (χ0) is 14.0. The molecule has 1 fully saturated rings. The zero-order valence-electron chi connectivity index (χ0n) is 11.2. The van der Waals surface area contributed by atoms with Gasteiger partial charge in [0, 0.05) is 18.0 Å². The number of fused-ring (bicyclic) bond motifs is 1. The van der Waals surface area contributed by atoms with Gasteiger partial charge >= 0.3 is 0 Å². The standard InChI is InChI=1S/C15H18N2O2S/c18-20(19,17-13-7-4-10-16-11-13)15-9-3-6-12-5-1-2-8-14(12)15/h1-3,5-6,8-9,13,16-17H,4,7,10-11H2/t13-/m0/s1. The maximum Gasteiger partial charge on any atom is 0.241 e. The monoisotopic (exact) mass is 290 g/mol. The first-order chi connectivity index (χ1) is 9.67. The molecule has 1 atom stereocenters. The first-order valence-electron chi connectivity index (χ1n) is 6.88. The molecular weight excluding hydrogens is 272 g/mol. The lowest BCUT2D eigenvalue weighted by molar-refractivity contribution is 0.429. The summed E-state index contributed by atoms with van der Waals surface area (Å²) in [5.41, 5.74) is 0. The van der Waals surface area contributed by atoms with Crippen molar-refractivity contribution in [1.29, 1.82) is 0 Å². The Morgan fingerprint density at radius 2 is 1.90 bits per heavy atom. The molecule has 0 unspecified atom stereocenters. The van der Waals surface area contributed by atoms with Crippen LogP contribution in [0.2, 0.25) is 0 Å². The van der Waals surface area contributed by atoms with E-state index in [-0.39, 0.29) is 6.04 Å². The average molecular weight is 290 g/mol. The van der Waals surface area contributed by atoms with Crippen LogP contribution in [-0.4, -0.2) is 27.5 Å². The van der Waals surface area contributed by atoms with E-state index >= 15 is 0 Å². The molecule has 106 valence electrons. The molecule has 0 bridgehead atoms. The van der Waals surface area contributed by atoms with Crippen molar-refractivity contribution in [3.8, 4) is 0 Å². The molecule has 4 nitrogen and oxygen atoms in total. The van der Waals surface area contributed by atoms with Crippen LogP contribution in [-0.2, 0) is 10.0 Å². The predicted molar refractivity (Wildman–Crippen MR) is 80.2 cm³/mol. The van der Waals surface area contributed by atoms with Crippen molar-refractivity contribution < 1.29 is 8.42 Å². The largest absolute Gasteiger partial charge is 0.315 e. The zero-order valence-corrected chi connectivity index (χ0v) is 12.0. The number of hydrogen-bond acceptors (Lipinski definition) is 3. The van der Waals surface area contributed by atoms with E-state index in [0.717, 1.165) is 30.2 Å². The summed E-state index contributed by atoms with van der Waals surface area (Å²) in [6.07, 6.45) is 1.89. The topological polar surface area (TPSA) is 58.2 Å². The van der Waals surface area contributed by atoms with Gasteiger partial charge in [-0.15, -0.1) is 0 Å². The lowest BCUT2D eigenvalue weighted by Crippen LogP contribution is -2.45. The SMILES string of the molecule is O=S(=O)(N[C@H]1CCCNC1)c1cccc2ccccc12. The Morgan fingerprint density at radius 1 is 1.10 bits per heavy atom. The van der Waals surface area contributed by atoms with Gasteiger partial charge in [0.15, 0.2) is 0 Å². The van der Waals surface area contributed by atoms with Crippen LogP contribution in [0.4, 0.5) is 0 Å². The number of sulfonamides is 1. The predicted octanol–water partition coefficient (Wildman–Crippen LogP) is 1.87. The molecule has 1 aliphatic rings. The Balaban J connectivity index is 1.96. The van der Waals surface area contributed by atoms with E-state index in [9.17, 15) is 8.42 Å². The van der Waals surface area contributed by atoms with Crippen LogP contribution >= 0.6 is 0 Å². The van der Waals surface area contributed by atoms with Crippen molar-refractivity contribution in [3.63, 3.8) is 0 Å². The summed E-state index contributed by atoms with van der Waals surface area (Å²) < 4.78 is 28.0. The maximum atomic E-state index is 12.6. The van der Waals surface area contributed by atoms with Crippen LogP contribution in [0.3, 0.4) is 0 Å². The van der Waals surface area contributed by atoms with E-state index < -0.39 is 10.0 Å². The van der Waals surface area contributed by atoms with E-state index in [4.69, 9.17) is 0 Å². The van der Waals surface area contributed by atoms with Crippen molar-refractivity contribution in [1.82, 2.24) is 10.0 Å². The van der Waals surface area contributed by atoms with Crippen molar-refractivity contribution in [3.05, 3.63) is 42.5 Å². The maximum absolute atomic E-state index is 12.6. The highest BCUT2D eigenvalue weighted by molar-refractivity contribution is 7.89. The van der Waals surface area contributed by atoms with E-state index in [1.54, 1.807) is 12.1 Å². The Morgan fingerprint density at radius 3 is 2.70 bits per heavy atom. The number of benzene rings is 2. The second-order valence-electron chi connectivity index (χ2n) is 5.14. The van der Waals surface area contributed by atoms with E-state index in [2.05, 4.69) is 10.0 Å². The highest BCUT2D eigenvalue weighted by Gasteiger charge is 2.22. The van der Waals surface area contributed by atoms with E-state index in [1.807, 2.05) is 30.3 Å². The van der Waals surface area contributed by atoms with Crippen LogP contribution in [0, 0.1) is 0 Å². The van der Waals surface area contributed by atoms with Crippen molar-refractivity contribution >= 4 is 20.8 Å². The van der Waals surface area contributed by atoms with Gasteiger partial charge in [-0.25, -0.2) is 13.1 Å². The van der Waals surface area contributed by atoms with Crippen LogP contribution in [0.25, 0.3) is 10.8 Å². The van der Waals surface area contributed by atoms with E-state index in [0.29, 0.717) is 11.4 Å². The molecule has 1 aliphatic heterocycles. The summed E-state index contributed by atoms with van der Waals surface area (Å²) >= 11 is 0. The van der Waals surface area contributed by atoms with Crippen LogP contribution in [0.5, 0.6) is 0 Å². The Labute approximate surface area is 119 Å². The molecule has 0 saturated carbocycles. The minimum absolute atomic E-state index is 0.0206. The van der Waals surface area contributed by atoms with Crippen molar-refractivity contribution in [2.45, 2.75) is 23.8 Å². The molecule has 0 radical (unpaired) electrons. The average Bonchev–Trinajstić information content (AvgIpc) is 2.47. The molecule has 0 amide bonds. The minimum atomic E-state index is -3.48. The van der Waals surface area contributed by atoms with Gasteiger partial charge in [0.25, 0.3) is 0 Å². The van der Waals surface area contributed by atoms with Crippen molar-refractivity contribution in [2.75, 3.05) is 13.1 Å². The number of rotatable bonds is 3. The summed E-state index contributed by atoms with van der Waals surface area (Å²) in [4.78, 5) is 0.362. The molecule has 2 aromatic rings. The lowest BCUT2D eigenvalue weighted by Gasteiger charge is -2.23. The second-order valence-corrected chi connectivity index (χ2v) is 6.82. The molecule has 2 aromatic carbocycles. The van der Waals surface area contributed by atoms with Gasteiger partial charge < -0.3 is 5.32 Å². The molecule has 1 saturated heterocycles. The quantitative estimate of drug-likeness (QED) is 0.907. The fourth-order valence-electron chi connectivity index (χ4n) is 2.67. The summed E-state index contributed by atoms with van der Waals surface area (Å²) in [7, 11) is -3.48. The Kier molecular flexibility index (Phi) is 3.74. The van der Waals surface area contributed by atoms with Gasteiger partial charge in [-0.3, -0.25) is 0 Å². The van der Waals surface area contributed by atoms with Gasteiger partial charge in [0.1, 0.15) is 0 Å². The van der Waals surface area contributed by atoms with Crippen LogP contribution in [0.15, 0.2) is 47.4 Å². The summed E-state index contributed by atoms with van der Waals surface area (Å²) in [5.74, 6) is 0. The van der Waals surface area contributed by atoms with E-state index in [1.165, 1.54) is 0 Å². The van der Waals surface area contributed by atoms with Gasteiger partial charge in [0.2, 0.25) is 10.0 Å². The summed E-state index contributed by atoms with van der Waals surface area (Å²) in [6.45, 7) is 1.66. The van der Waals surface area contributed by atoms with Crippen LogP contribution in [0.1, 0.15) is 12.8 Å². The van der Waals surface area contributed by atoms with Gasteiger partial charge in [-0.2, -0.15) is 0 Å². The number of hydrogen-bond donors (Lipinski definition) is 2. The summed E-state index contributed by atoms with van der Waals surface area (Å²) in [5, 5.41) is 4.93. The summed E-state index contributed by atoms with van der Waals surface area (Å²) in [6, 6.07) is 12.9. The third-order valence-corrected chi connectivity index (χ3v) is 5.24. The van der Waals surface area contributed by atoms with Crippen molar-refractivity contribution in [2.24, 2.45) is 0 Å². The molecule has 2 N–H and O–H groups in total. The first kappa shape index (κ1) is 13.5. The fourth-order valence-corrected chi connectivity index (χ4v) is 4.17. The Bertz CT molecular complexity index is 701. The van der Waals surface area contributed by atoms with Gasteiger partial charge in [0.05, 0.1) is 4.90 Å². The Hall–Kier alpha value is -1.43. The third kappa shape index (κ3) is 2.70. The normalized spacial score (nSPS) is 20.1. The molecule has 0 aromatic heterocycles. The molecule has 0 aliphatic carbocycles. The highest BCUT2D eigenvalue weighted by Crippen LogP contribution is 2.23. The highest BCUT2D eigenvalue weighted by atomic mass is 32.2. The van der Waals surface area contributed by atoms with Gasteiger partial charge in [-0.1, -0.05) is 36.4 Å². The minimum Gasteiger partial charge on any atom is -0.315 e. The molecular formula is C15H18N2O2S. The molecule has 3 rings (SSSR count). The third-order valence-electron chi connectivity index (χ3n) is 3.66. The molecule has 0 spiro atoms. The fraction of sp³-hybridized carbons (Fsp3) is 0.333. The van der Waals surface area contributed by atoms with Crippen LogP contribution < -0.4 is 10.0 Å². The molecule has 1 heterocycles. The molecule has 5 heteroatoms.